The molecule has 2 N–H and O–H groups in total. The van der Waals surface area contributed by atoms with Crippen molar-refractivity contribution < 1.29 is 14.0 Å². The Morgan fingerprint density at radius 3 is 2.67 bits per heavy atom. The van der Waals surface area contributed by atoms with Crippen molar-refractivity contribution in [2.75, 3.05) is 20.8 Å². The number of benzene rings is 1. The summed E-state index contributed by atoms with van der Waals surface area (Å²) in [5.41, 5.74) is 6.51. The van der Waals surface area contributed by atoms with E-state index in [1.54, 1.807) is 14.2 Å². The van der Waals surface area contributed by atoms with E-state index in [-0.39, 0.29) is 0 Å². The van der Waals surface area contributed by atoms with Gasteiger partial charge in [0.25, 0.3) is 0 Å². The minimum atomic E-state index is 0.598. The van der Waals surface area contributed by atoms with E-state index in [0.717, 1.165) is 24.8 Å². The third kappa shape index (κ3) is 4.19. The van der Waals surface area contributed by atoms with Gasteiger partial charge in [-0.1, -0.05) is 11.2 Å². The van der Waals surface area contributed by atoms with E-state index in [1.165, 1.54) is 0 Å². The van der Waals surface area contributed by atoms with Gasteiger partial charge in [-0.15, -0.1) is 0 Å². The molecule has 21 heavy (non-hydrogen) atoms. The van der Waals surface area contributed by atoms with Gasteiger partial charge in [0.2, 0.25) is 5.89 Å². The Morgan fingerprint density at radius 2 is 1.95 bits per heavy atom. The number of methoxy groups -OCH3 is 2. The first-order valence-electron chi connectivity index (χ1n) is 6.99. The number of nitrogens with two attached hydrogens (primary N) is 1. The molecule has 0 spiro atoms. The van der Waals surface area contributed by atoms with E-state index >= 15 is 0 Å². The number of aromatic nitrogens is 2. The Morgan fingerprint density at radius 1 is 1.14 bits per heavy atom. The lowest BCUT2D eigenvalue weighted by atomic mass is 10.1. The van der Waals surface area contributed by atoms with Crippen LogP contribution < -0.4 is 15.2 Å². The molecule has 1 heterocycles. The van der Waals surface area contributed by atoms with Crippen LogP contribution in [0, 0.1) is 0 Å². The maximum Gasteiger partial charge on any atom is 0.226 e. The Balaban J connectivity index is 2.01. The second-order valence-corrected chi connectivity index (χ2v) is 4.72. The molecular weight excluding hydrogens is 270 g/mol. The van der Waals surface area contributed by atoms with Crippen molar-refractivity contribution in [3.63, 3.8) is 0 Å². The molecule has 1 aromatic heterocycles. The second-order valence-electron chi connectivity index (χ2n) is 4.72. The first kappa shape index (κ1) is 15.3. The van der Waals surface area contributed by atoms with Gasteiger partial charge in [0, 0.05) is 12.8 Å². The Kier molecular flexibility index (Phi) is 5.57. The van der Waals surface area contributed by atoms with Gasteiger partial charge < -0.3 is 19.7 Å². The van der Waals surface area contributed by atoms with E-state index < -0.39 is 0 Å². The average Bonchev–Trinajstić information content (AvgIpc) is 2.95. The highest BCUT2D eigenvalue weighted by Crippen LogP contribution is 2.28. The third-order valence-corrected chi connectivity index (χ3v) is 3.17. The molecule has 0 aliphatic rings. The number of hydrogen-bond acceptors (Lipinski definition) is 6. The fourth-order valence-corrected chi connectivity index (χ4v) is 2.06. The van der Waals surface area contributed by atoms with Crippen molar-refractivity contribution in [3.8, 4) is 11.5 Å². The zero-order valence-corrected chi connectivity index (χ0v) is 12.5. The van der Waals surface area contributed by atoms with Crippen LogP contribution in [0.5, 0.6) is 11.5 Å². The van der Waals surface area contributed by atoms with Gasteiger partial charge in [-0.25, -0.2) is 0 Å². The van der Waals surface area contributed by atoms with Crippen LogP contribution in [0.1, 0.15) is 30.1 Å². The van der Waals surface area contributed by atoms with Crippen molar-refractivity contribution >= 4 is 0 Å². The normalized spacial score (nSPS) is 10.6. The van der Waals surface area contributed by atoms with Gasteiger partial charge in [0.05, 0.1) is 14.2 Å². The summed E-state index contributed by atoms with van der Waals surface area (Å²) in [5.74, 6) is 2.74. The molecule has 0 fully saturated rings. The summed E-state index contributed by atoms with van der Waals surface area (Å²) in [6.45, 7) is 0.687. The van der Waals surface area contributed by atoms with Crippen molar-refractivity contribution in [2.24, 2.45) is 5.73 Å². The van der Waals surface area contributed by atoms with Crippen LogP contribution in [0.25, 0.3) is 0 Å². The number of unbranched alkanes of at least 4 members (excludes halogenated alkanes) is 1. The molecule has 0 atom stereocenters. The molecule has 0 unspecified atom stereocenters. The Bertz CT molecular complexity index is 569. The second kappa shape index (κ2) is 7.64. The fourth-order valence-electron chi connectivity index (χ4n) is 2.06. The molecule has 0 aliphatic heterocycles. The maximum atomic E-state index is 5.46. The molecule has 0 radical (unpaired) electrons. The summed E-state index contributed by atoms with van der Waals surface area (Å²) in [4.78, 5) is 4.38. The van der Waals surface area contributed by atoms with Crippen LogP contribution in [-0.2, 0) is 12.8 Å². The molecule has 2 aromatic rings. The zero-order chi connectivity index (χ0) is 15.1. The van der Waals surface area contributed by atoms with Crippen LogP contribution in [0.3, 0.4) is 0 Å². The molecule has 0 aliphatic carbocycles. The molecule has 114 valence electrons. The van der Waals surface area contributed by atoms with Crippen molar-refractivity contribution in [2.45, 2.75) is 25.7 Å². The minimum Gasteiger partial charge on any atom is -0.493 e. The third-order valence-electron chi connectivity index (χ3n) is 3.17. The van der Waals surface area contributed by atoms with Gasteiger partial charge in [-0.2, -0.15) is 4.98 Å². The lowest BCUT2D eigenvalue weighted by Gasteiger charge is -2.08. The number of aryl methyl sites for hydroxylation is 1. The van der Waals surface area contributed by atoms with Crippen molar-refractivity contribution in [1.29, 1.82) is 0 Å². The fraction of sp³-hybridized carbons (Fsp3) is 0.467. The predicted octanol–water partition coefficient (Wildman–Crippen LogP) is 1.96. The summed E-state index contributed by atoms with van der Waals surface area (Å²) in [6, 6.07) is 5.76. The van der Waals surface area contributed by atoms with Crippen LogP contribution in [0.4, 0.5) is 0 Å². The molecule has 2 rings (SSSR count). The van der Waals surface area contributed by atoms with Gasteiger partial charge in [-0.3, -0.25) is 0 Å². The highest BCUT2D eigenvalue weighted by molar-refractivity contribution is 5.43. The summed E-state index contributed by atoms with van der Waals surface area (Å²) >= 11 is 0. The van der Waals surface area contributed by atoms with Crippen LogP contribution in [0.15, 0.2) is 22.7 Å². The molecule has 0 saturated carbocycles. The topological polar surface area (TPSA) is 83.4 Å². The first-order valence-corrected chi connectivity index (χ1v) is 6.99. The largest absolute Gasteiger partial charge is 0.493 e. The smallest absolute Gasteiger partial charge is 0.226 e. The highest BCUT2D eigenvalue weighted by Gasteiger charge is 2.09. The summed E-state index contributed by atoms with van der Waals surface area (Å²) < 4.78 is 15.7. The minimum absolute atomic E-state index is 0.598. The average molecular weight is 291 g/mol. The van der Waals surface area contributed by atoms with Gasteiger partial charge in [0.15, 0.2) is 17.3 Å². The molecule has 6 nitrogen and oxygen atoms in total. The van der Waals surface area contributed by atoms with E-state index in [2.05, 4.69) is 10.1 Å². The van der Waals surface area contributed by atoms with Gasteiger partial charge in [-0.05, 0) is 37.1 Å². The van der Waals surface area contributed by atoms with Gasteiger partial charge >= 0.3 is 0 Å². The zero-order valence-electron chi connectivity index (χ0n) is 12.5. The molecule has 6 heteroatoms. The predicted molar refractivity (Wildman–Crippen MR) is 78.6 cm³/mol. The SMILES string of the molecule is COc1ccc(Cc2noc(CCCCN)n2)cc1OC. The number of hydrogen-bond donors (Lipinski definition) is 1. The lowest BCUT2D eigenvalue weighted by Crippen LogP contribution is -1.99. The van der Waals surface area contributed by atoms with E-state index in [1.807, 2.05) is 18.2 Å². The lowest BCUT2D eigenvalue weighted by molar-refractivity contribution is 0.354. The van der Waals surface area contributed by atoms with Crippen LogP contribution in [0.2, 0.25) is 0 Å². The van der Waals surface area contributed by atoms with Crippen molar-refractivity contribution in [3.05, 3.63) is 35.5 Å². The quantitative estimate of drug-likeness (QED) is 0.748. The Hall–Kier alpha value is -2.08. The summed E-state index contributed by atoms with van der Waals surface area (Å²) in [5, 5.41) is 4.00. The molecule has 0 amide bonds. The van der Waals surface area contributed by atoms with E-state index in [0.29, 0.717) is 36.2 Å². The summed E-state index contributed by atoms with van der Waals surface area (Å²) in [6.07, 6.45) is 3.30. The number of rotatable bonds is 8. The standard InChI is InChI=1S/C15H21N3O3/c1-19-12-7-6-11(9-13(12)20-2)10-14-17-15(21-18-14)5-3-4-8-16/h6-7,9H,3-5,8,10,16H2,1-2H3. The first-order chi connectivity index (χ1) is 10.3. The van der Waals surface area contributed by atoms with Gasteiger partial charge in [0.1, 0.15) is 0 Å². The highest BCUT2D eigenvalue weighted by atomic mass is 16.5. The monoisotopic (exact) mass is 291 g/mol. The maximum absolute atomic E-state index is 5.46. The van der Waals surface area contributed by atoms with Crippen LogP contribution in [-0.4, -0.2) is 30.9 Å². The summed E-state index contributed by atoms with van der Waals surface area (Å²) in [7, 11) is 3.23. The molecule has 0 bridgehead atoms. The molecular formula is C15H21N3O3. The molecule has 1 aromatic carbocycles. The van der Waals surface area contributed by atoms with E-state index in [4.69, 9.17) is 19.7 Å². The van der Waals surface area contributed by atoms with Crippen molar-refractivity contribution in [1.82, 2.24) is 10.1 Å². The van der Waals surface area contributed by atoms with E-state index in [9.17, 15) is 0 Å². The molecule has 0 saturated heterocycles. The Labute approximate surface area is 124 Å². The number of nitrogens with zero attached hydrogens (tertiary/aromatic N) is 2. The number of ether oxygens (including phenoxy) is 2. The van der Waals surface area contributed by atoms with Crippen LogP contribution >= 0.6 is 0 Å².